The number of anilines is 1. The molecule has 1 aromatic carbocycles. The van der Waals surface area contributed by atoms with Crippen LogP contribution in [-0.2, 0) is 4.74 Å². The maximum atomic E-state index is 12.3. The molecule has 116 valence electrons. The molecule has 0 fully saturated rings. The second-order valence-electron chi connectivity index (χ2n) is 4.19. The maximum absolute atomic E-state index is 12.3. The van der Waals surface area contributed by atoms with Gasteiger partial charge in [0, 0.05) is 11.8 Å². The summed E-state index contributed by atoms with van der Waals surface area (Å²) in [6.45, 7) is 0. The van der Waals surface area contributed by atoms with Gasteiger partial charge >= 0.3 is 12.3 Å². The van der Waals surface area contributed by atoms with Crippen molar-refractivity contribution in [2.24, 2.45) is 0 Å². The summed E-state index contributed by atoms with van der Waals surface area (Å²) in [4.78, 5) is 15.6. The zero-order valence-corrected chi connectivity index (χ0v) is 11.3. The molecule has 0 saturated heterocycles. The molecule has 0 atom stereocenters. The van der Waals surface area contributed by atoms with Crippen molar-refractivity contribution in [3.63, 3.8) is 0 Å². The van der Waals surface area contributed by atoms with Crippen LogP contribution in [0.25, 0.3) is 11.1 Å². The summed E-state index contributed by atoms with van der Waals surface area (Å²) < 4.78 is 45.3. The highest BCUT2D eigenvalue weighted by molar-refractivity contribution is 6.00. The average molecular weight is 312 g/mol. The number of carbonyl (C=O) groups is 1. The molecule has 1 heterocycles. The van der Waals surface area contributed by atoms with Crippen LogP contribution in [0.1, 0.15) is 10.4 Å². The molecule has 22 heavy (non-hydrogen) atoms. The van der Waals surface area contributed by atoms with Crippen LogP contribution in [0.2, 0.25) is 0 Å². The van der Waals surface area contributed by atoms with Gasteiger partial charge in [0.15, 0.2) is 0 Å². The van der Waals surface area contributed by atoms with Gasteiger partial charge in [0.25, 0.3) is 0 Å². The van der Waals surface area contributed by atoms with E-state index in [0.717, 1.165) is 12.1 Å². The monoisotopic (exact) mass is 312 g/mol. The Kier molecular flexibility index (Phi) is 4.20. The van der Waals surface area contributed by atoms with Gasteiger partial charge < -0.3 is 15.2 Å². The molecule has 0 bridgehead atoms. The fourth-order valence-corrected chi connectivity index (χ4v) is 1.91. The van der Waals surface area contributed by atoms with Gasteiger partial charge in [-0.2, -0.15) is 0 Å². The second-order valence-corrected chi connectivity index (χ2v) is 4.19. The third kappa shape index (κ3) is 3.46. The molecule has 5 nitrogen and oxygen atoms in total. The molecule has 0 amide bonds. The SMILES string of the molecule is COC(=O)c1ccnc(N)c1-c1cccc(OC(F)(F)F)c1. The maximum Gasteiger partial charge on any atom is 0.573 e. The Labute approximate surface area is 123 Å². The number of hydrogen-bond donors (Lipinski definition) is 1. The Hall–Kier alpha value is -2.77. The number of hydrogen-bond acceptors (Lipinski definition) is 5. The number of carbonyl (C=O) groups excluding carboxylic acids is 1. The molecule has 0 unspecified atom stereocenters. The Morgan fingerprint density at radius 3 is 2.64 bits per heavy atom. The van der Waals surface area contributed by atoms with E-state index in [2.05, 4.69) is 14.5 Å². The predicted octanol–water partition coefficient (Wildman–Crippen LogP) is 3.02. The largest absolute Gasteiger partial charge is 0.573 e. The van der Waals surface area contributed by atoms with Crippen LogP contribution >= 0.6 is 0 Å². The number of nitrogen functional groups attached to an aromatic ring is 1. The minimum absolute atomic E-state index is 0.00735. The summed E-state index contributed by atoms with van der Waals surface area (Å²) in [5, 5.41) is 0. The molecule has 0 spiro atoms. The molecule has 2 N–H and O–H groups in total. The normalized spacial score (nSPS) is 11.1. The number of rotatable bonds is 3. The molecule has 0 saturated carbocycles. The number of nitrogens with zero attached hydrogens (tertiary/aromatic N) is 1. The summed E-state index contributed by atoms with van der Waals surface area (Å²) in [5.41, 5.74) is 6.28. The second kappa shape index (κ2) is 5.92. The number of pyridine rings is 1. The Morgan fingerprint density at radius 2 is 2.00 bits per heavy atom. The quantitative estimate of drug-likeness (QED) is 0.882. The first-order valence-electron chi connectivity index (χ1n) is 6.01. The molecule has 1 aromatic heterocycles. The van der Waals surface area contributed by atoms with E-state index < -0.39 is 18.1 Å². The van der Waals surface area contributed by atoms with E-state index in [0.29, 0.717) is 0 Å². The van der Waals surface area contributed by atoms with Crippen molar-refractivity contribution in [3.8, 4) is 16.9 Å². The molecule has 0 aliphatic heterocycles. The Bertz CT molecular complexity index is 702. The van der Waals surface area contributed by atoms with Crippen molar-refractivity contribution in [2.45, 2.75) is 6.36 Å². The zero-order chi connectivity index (χ0) is 16.3. The highest BCUT2D eigenvalue weighted by Crippen LogP contribution is 2.32. The van der Waals surface area contributed by atoms with Crippen molar-refractivity contribution in [2.75, 3.05) is 12.8 Å². The molecule has 0 aliphatic carbocycles. The molecular weight excluding hydrogens is 301 g/mol. The van der Waals surface area contributed by atoms with Crippen molar-refractivity contribution in [1.29, 1.82) is 0 Å². The van der Waals surface area contributed by atoms with Gasteiger partial charge in [0.2, 0.25) is 0 Å². The summed E-state index contributed by atoms with van der Waals surface area (Å²) in [5.74, 6) is -1.11. The third-order valence-electron chi connectivity index (χ3n) is 2.74. The van der Waals surface area contributed by atoms with Gasteiger partial charge in [-0.25, -0.2) is 9.78 Å². The van der Waals surface area contributed by atoms with E-state index in [1.165, 1.54) is 31.5 Å². The fourth-order valence-electron chi connectivity index (χ4n) is 1.91. The number of halogens is 3. The van der Waals surface area contributed by atoms with Crippen LogP contribution in [-0.4, -0.2) is 24.4 Å². The van der Waals surface area contributed by atoms with Crippen molar-refractivity contribution in [1.82, 2.24) is 4.98 Å². The lowest BCUT2D eigenvalue weighted by Crippen LogP contribution is -2.17. The topological polar surface area (TPSA) is 74.4 Å². The first-order valence-corrected chi connectivity index (χ1v) is 6.01. The number of alkyl halides is 3. The molecule has 2 rings (SSSR count). The number of nitrogens with two attached hydrogens (primary N) is 1. The smallest absolute Gasteiger partial charge is 0.465 e. The van der Waals surface area contributed by atoms with Crippen molar-refractivity contribution < 1.29 is 27.4 Å². The van der Waals surface area contributed by atoms with Crippen LogP contribution in [0.5, 0.6) is 5.75 Å². The van der Waals surface area contributed by atoms with Crippen molar-refractivity contribution >= 4 is 11.8 Å². The van der Waals surface area contributed by atoms with E-state index >= 15 is 0 Å². The standard InChI is InChI=1S/C14H11F3N2O3/c1-21-13(20)10-5-6-19-12(18)11(10)8-3-2-4-9(7-8)22-14(15,16)17/h2-7H,1H3,(H2,18,19). The number of aromatic nitrogens is 1. The Balaban J connectivity index is 2.53. The van der Waals surface area contributed by atoms with Crippen LogP contribution in [0, 0.1) is 0 Å². The minimum Gasteiger partial charge on any atom is -0.465 e. The first-order chi connectivity index (χ1) is 10.3. The predicted molar refractivity (Wildman–Crippen MR) is 72.1 cm³/mol. The molecular formula is C14H11F3N2O3. The average Bonchev–Trinajstić information content (AvgIpc) is 2.44. The Morgan fingerprint density at radius 1 is 1.27 bits per heavy atom. The lowest BCUT2D eigenvalue weighted by Gasteiger charge is -2.13. The molecule has 2 aromatic rings. The third-order valence-corrected chi connectivity index (χ3v) is 2.74. The zero-order valence-electron chi connectivity index (χ0n) is 11.3. The molecule has 0 aliphatic rings. The van der Waals surface area contributed by atoms with Gasteiger partial charge in [-0.05, 0) is 23.8 Å². The highest BCUT2D eigenvalue weighted by Gasteiger charge is 2.31. The molecule has 8 heteroatoms. The van der Waals surface area contributed by atoms with Gasteiger partial charge in [-0.3, -0.25) is 0 Å². The number of methoxy groups -OCH3 is 1. The summed E-state index contributed by atoms with van der Waals surface area (Å²) in [7, 11) is 1.19. The van der Waals surface area contributed by atoms with E-state index in [1.807, 2.05) is 0 Å². The minimum atomic E-state index is -4.82. The summed E-state index contributed by atoms with van der Waals surface area (Å²) >= 11 is 0. The highest BCUT2D eigenvalue weighted by atomic mass is 19.4. The fraction of sp³-hybridized carbons (Fsp3) is 0.143. The van der Waals surface area contributed by atoms with Crippen LogP contribution in [0.3, 0.4) is 0 Å². The van der Waals surface area contributed by atoms with E-state index in [4.69, 9.17) is 5.73 Å². The number of ether oxygens (including phenoxy) is 2. The molecule has 0 radical (unpaired) electrons. The van der Waals surface area contributed by atoms with Crippen LogP contribution < -0.4 is 10.5 Å². The van der Waals surface area contributed by atoms with Gasteiger partial charge in [-0.1, -0.05) is 12.1 Å². The summed E-state index contributed by atoms with van der Waals surface area (Å²) in [6.07, 6.45) is -3.51. The number of esters is 1. The van der Waals surface area contributed by atoms with Gasteiger partial charge in [0.1, 0.15) is 11.6 Å². The van der Waals surface area contributed by atoms with E-state index in [9.17, 15) is 18.0 Å². The lowest BCUT2D eigenvalue weighted by atomic mass is 10.0. The number of benzene rings is 1. The summed E-state index contributed by atoms with van der Waals surface area (Å²) in [6, 6.07) is 6.47. The van der Waals surface area contributed by atoms with Gasteiger partial charge in [0.05, 0.1) is 12.7 Å². The van der Waals surface area contributed by atoms with E-state index in [-0.39, 0.29) is 22.5 Å². The first kappa shape index (κ1) is 15.6. The van der Waals surface area contributed by atoms with Crippen LogP contribution in [0.4, 0.5) is 19.0 Å². The van der Waals surface area contributed by atoms with Crippen molar-refractivity contribution in [3.05, 3.63) is 42.1 Å². The van der Waals surface area contributed by atoms with Crippen LogP contribution in [0.15, 0.2) is 36.5 Å². The van der Waals surface area contributed by atoms with Gasteiger partial charge in [-0.15, -0.1) is 13.2 Å². The lowest BCUT2D eigenvalue weighted by molar-refractivity contribution is -0.274. The van der Waals surface area contributed by atoms with E-state index in [1.54, 1.807) is 0 Å².